The van der Waals surface area contributed by atoms with E-state index in [9.17, 15) is 9.18 Å². The number of carbonyl (C=O) groups excluding carboxylic acids is 1. The lowest BCUT2D eigenvalue weighted by molar-refractivity contribution is -0.133. The van der Waals surface area contributed by atoms with Crippen molar-refractivity contribution in [2.45, 2.75) is 24.8 Å². The highest BCUT2D eigenvalue weighted by Gasteiger charge is 2.45. The number of rotatable bonds is 3. The number of fused-ring (bicyclic) bond motifs is 2. The number of likely N-dealkylation sites (tertiary alicyclic amines) is 1. The number of ether oxygens (including phenoxy) is 1. The summed E-state index contributed by atoms with van der Waals surface area (Å²) in [7, 11) is 0. The van der Waals surface area contributed by atoms with Crippen LogP contribution in [0, 0.1) is 11.7 Å². The van der Waals surface area contributed by atoms with Crippen molar-refractivity contribution in [3.63, 3.8) is 0 Å². The lowest BCUT2D eigenvalue weighted by atomic mass is 9.84. The number of hydrogen-bond acceptors (Lipinski definition) is 4. The summed E-state index contributed by atoms with van der Waals surface area (Å²) in [6.45, 7) is 2.02. The van der Waals surface area contributed by atoms with Crippen molar-refractivity contribution in [1.29, 1.82) is 0 Å². The van der Waals surface area contributed by atoms with E-state index in [-0.39, 0.29) is 30.1 Å². The average Bonchev–Trinajstić information content (AvgIpc) is 3.30. The predicted molar refractivity (Wildman–Crippen MR) is 101 cm³/mol. The van der Waals surface area contributed by atoms with Gasteiger partial charge in [-0.3, -0.25) is 4.79 Å². The van der Waals surface area contributed by atoms with Crippen molar-refractivity contribution >= 4 is 16.9 Å². The van der Waals surface area contributed by atoms with Crippen molar-refractivity contribution in [3.8, 4) is 0 Å². The van der Waals surface area contributed by atoms with Crippen LogP contribution in [-0.2, 0) is 16.0 Å². The van der Waals surface area contributed by atoms with Crippen molar-refractivity contribution in [3.05, 3.63) is 65.6 Å². The monoisotopic (exact) mass is 380 g/mol. The highest BCUT2D eigenvalue weighted by atomic mass is 19.1. The molecule has 3 heterocycles. The molecule has 6 heteroatoms. The Balaban J connectivity index is 1.41. The van der Waals surface area contributed by atoms with Crippen LogP contribution in [0.5, 0.6) is 0 Å². The molecule has 0 unspecified atom stereocenters. The zero-order valence-corrected chi connectivity index (χ0v) is 15.4. The first kappa shape index (κ1) is 17.4. The van der Waals surface area contributed by atoms with Crippen LogP contribution in [0.2, 0.25) is 0 Å². The molecule has 2 aromatic carbocycles. The highest BCUT2D eigenvalue weighted by Crippen LogP contribution is 2.41. The summed E-state index contributed by atoms with van der Waals surface area (Å²) in [5, 5.41) is 4.58. The second kappa shape index (κ2) is 7.02. The number of benzene rings is 2. The number of hydrogen-bond donors (Lipinski definition) is 0. The van der Waals surface area contributed by atoms with Gasteiger partial charge in [-0.05, 0) is 30.2 Å². The molecule has 1 amide bonds. The topological polar surface area (TPSA) is 55.6 Å². The number of aromatic nitrogens is 1. The summed E-state index contributed by atoms with van der Waals surface area (Å²) in [5.74, 6) is 0.211. The average molecular weight is 380 g/mol. The van der Waals surface area contributed by atoms with Gasteiger partial charge in [0, 0.05) is 36.4 Å². The number of amides is 1. The van der Waals surface area contributed by atoms with E-state index >= 15 is 0 Å². The Hall–Kier alpha value is -2.73. The fourth-order valence-corrected chi connectivity index (χ4v) is 4.68. The Bertz CT molecular complexity index is 1000. The molecule has 0 bridgehead atoms. The maximum atomic E-state index is 13.6. The lowest BCUT2D eigenvalue weighted by Gasteiger charge is -2.32. The summed E-state index contributed by atoms with van der Waals surface area (Å²) < 4.78 is 24.6. The van der Waals surface area contributed by atoms with E-state index in [0.29, 0.717) is 42.3 Å². The first-order valence-electron chi connectivity index (χ1n) is 9.66. The molecule has 2 aliphatic heterocycles. The van der Waals surface area contributed by atoms with Gasteiger partial charge in [-0.1, -0.05) is 35.5 Å². The molecule has 2 aliphatic rings. The number of halogens is 1. The fraction of sp³-hybridized carbons (Fsp3) is 0.364. The Morgan fingerprint density at radius 1 is 1.21 bits per heavy atom. The van der Waals surface area contributed by atoms with Gasteiger partial charge in [-0.25, -0.2) is 4.39 Å². The first-order valence-corrected chi connectivity index (χ1v) is 9.66. The molecule has 3 aromatic rings. The highest BCUT2D eigenvalue weighted by molar-refractivity contribution is 5.86. The quantitative estimate of drug-likeness (QED) is 0.697. The SMILES string of the molecule is O=C(Cc1noc2ccc(F)cc12)N1C[C@H](c2ccccc2)[C@H]2COCC[C@@H]21. The van der Waals surface area contributed by atoms with Crippen LogP contribution >= 0.6 is 0 Å². The smallest absolute Gasteiger partial charge is 0.229 e. The summed E-state index contributed by atoms with van der Waals surface area (Å²) in [5.41, 5.74) is 2.23. The maximum absolute atomic E-state index is 13.6. The van der Waals surface area contributed by atoms with Gasteiger partial charge in [0.1, 0.15) is 11.5 Å². The number of nitrogens with zero attached hydrogens (tertiary/aromatic N) is 2. The van der Waals surface area contributed by atoms with Gasteiger partial charge in [0.2, 0.25) is 5.91 Å². The van der Waals surface area contributed by atoms with Crippen LogP contribution in [0.1, 0.15) is 23.6 Å². The van der Waals surface area contributed by atoms with Crippen molar-refractivity contribution in [1.82, 2.24) is 10.1 Å². The Labute approximate surface area is 162 Å². The molecule has 5 rings (SSSR count). The molecule has 144 valence electrons. The fourth-order valence-electron chi connectivity index (χ4n) is 4.68. The van der Waals surface area contributed by atoms with Gasteiger partial charge in [-0.15, -0.1) is 0 Å². The largest absolute Gasteiger partial charge is 0.381 e. The molecule has 0 saturated carbocycles. The minimum absolute atomic E-state index is 0.00907. The van der Waals surface area contributed by atoms with Crippen molar-refractivity contribution in [2.75, 3.05) is 19.8 Å². The molecule has 28 heavy (non-hydrogen) atoms. The third-order valence-corrected chi connectivity index (χ3v) is 6.05. The summed E-state index contributed by atoms with van der Waals surface area (Å²) >= 11 is 0. The minimum Gasteiger partial charge on any atom is -0.381 e. The molecule has 0 N–H and O–H groups in total. The third kappa shape index (κ3) is 2.98. The molecular formula is C22H21FN2O3. The molecular weight excluding hydrogens is 359 g/mol. The first-order chi connectivity index (χ1) is 13.7. The Morgan fingerprint density at radius 2 is 2.07 bits per heavy atom. The normalized spacial score (nSPS) is 24.5. The van der Waals surface area contributed by atoms with Crippen LogP contribution in [-0.4, -0.2) is 41.8 Å². The second-order valence-corrected chi connectivity index (χ2v) is 7.60. The number of carbonyl (C=O) groups is 1. The molecule has 2 saturated heterocycles. The van der Waals surface area contributed by atoms with Crippen LogP contribution < -0.4 is 0 Å². The standard InChI is InChI=1S/C22H21FN2O3/c23-15-6-7-21-16(10-15)19(24-28-21)11-22(26)25-12-17(14-4-2-1-3-5-14)18-13-27-9-8-20(18)25/h1-7,10,17-18,20H,8-9,11-13H2/t17-,18-,20+/m1/s1. The third-order valence-electron chi connectivity index (χ3n) is 6.05. The molecule has 1 aromatic heterocycles. The minimum atomic E-state index is -0.362. The van der Waals surface area contributed by atoms with Crippen LogP contribution in [0.25, 0.3) is 11.0 Å². The van der Waals surface area contributed by atoms with Gasteiger partial charge in [0.05, 0.1) is 13.0 Å². The zero-order chi connectivity index (χ0) is 19.1. The van der Waals surface area contributed by atoms with Crippen LogP contribution in [0.4, 0.5) is 4.39 Å². The van der Waals surface area contributed by atoms with Crippen LogP contribution in [0.3, 0.4) is 0 Å². The van der Waals surface area contributed by atoms with Crippen molar-refractivity contribution in [2.24, 2.45) is 5.92 Å². The van der Waals surface area contributed by atoms with E-state index in [2.05, 4.69) is 17.3 Å². The molecule has 0 radical (unpaired) electrons. The van der Waals surface area contributed by atoms with Gasteiger partial charge in [0.15, 0.2) is 5.58 Å². The van der Waals surface area contributed by atoms with E-state index in [4.69, 9.17) is 9.26 Å². The van der Waals surface area contributed by atoms with Crippen molar-refractivity contribution < 1.29 is 18.4 Å². The summed E-state index contributed by atoms with van der Waals surface area (Å²) in [6.07, 6.45) is 0.954. The Morgan fingerprint density at radius 3 is 2.93 bits per heavy atom. The summed E-state index contributed by atoms with van der Waals surface area (Å²) in [4.78, 5) is 15.2. The summed E-state index contributed by atoms with van der Waals surface area (Å²) in [6, 6.07) is 14.7. The van der Waals surface area contributed by atoms with E-state index in [1.807, 2.05) is 23.1 Å². The molecule has 0 aliphatic carbocycles. The molecule has 0 spiro atoms. The maximum Gasteiger partial charge on any atom is 0.229 e. The lowest BCUT2D eigenvalue weighted by Crippen LogP contribution is -2.42. The van der Waals surface area contributed by atoms with E-state index < -0.39 is 0 Å². The van der Waals surface area contributed by atoms with Gasteiger partial charge in [-0.2, -0.15) is 0 Å². The zero-order valence-electron chi connectivity index (χ0n) is 15.4. The van der Waals surface area contributed by atoms with Gasteiger partial charge >= 0.3 is 0 Å². The van der Waals surface area contributed by atoms with E-state index in [0.717, 1.165) is 6.42 Å². The van der Waals surface area contributed by atoms with E-state index in [1.165, 1.54) is 17.7 Å². The van der Waals surface area contributed by atoms with Gasteiger partial charge < -0.3 is 14.2 Å². The van der Waals surface area contributed by atoms with Gasteiger partial charge in [0.25, 0.3) is 0 Å². The predicted octanol–water partition coefficient (Wildman–Crippen LogP) is 3.54. The van der Waals surface area contributed by atoms with Crippen LogP contribution in [0.15, 0.2) is 53.1 Å². The Kier molecular flexibility index (Phi) is 4.36. The van der Waals surface area contributed by atoms with E-state index in [1.54, 1.807) is 6.07 Å². The molecule has 5 nitrogen and oxygen atoms in total. The molecule has 2 fully saturated rings. The molecule has 3 atom stereocenters. The second-order valence-electron chi connectivity index (χ2n) is 7.60.